The van der Waals surface area contributed by atoms with Gasteiger partial charge in [0, 0.05) is 0 Å². The van der Waals surface area contributed by atoms with Crippen LogP contribution >= 0.6 is 0 Å². The predicted molar refractivity (Wildman–Crippen MR) is 121 cm³/mol. The maximum Gasteiger partial charge on any atom is 0.417 e. The molecule has 30 heavy (non-hydrogen) atoms. The van der Waals surface area contributed by atoms with Crippen LogP contribution in [-0.4, -0.2) is 25.2 Å². The van der Waals surface area contributed by atoms with Crippen LogP contribution in [0.15, 0.2) is 0 Å². The highest BCUT2D eigenvalue weighted by Crippen LogP contribution is 2.43. The molecule has 2 fully saturated rings. The zero-order valence-corrected chi connectivity index (χ0v) is 20.4. The first-order valence-electron chi connectivity index (χ1n) is 12.3. The Morgan fingerprint density at radius 3 is 1.47 bits per heavy atom. The molecule has 0 spiro atoms. The zero-order chi connectivity index (χ0) is 22.4. The van der Waals surface area contributed by atoms with E-state index in [9.17, 15) is 9.59 Å². The number of hydrogen-bond donors (Lipinski definition) is 0. The van der Waals surface area contributed by atoms with Gasteiger partial charge in [-0.2, -0.15) is 0 Å². The van der Waals surface area contributed by atoms with Gasteiger partial charge < -0.3 is 9.47 Å². The van der Waals surface area contributed by atoms with Crippen molar-refractivity contribution in [2.24, 2.45) is 34.5 Å². The van der Waals surface area contributed by atoms with Crippen LogP contribution in [0.5, 0.6) is 0 Å². The molecule has 0 aromatic heterocycles. The van der Waals surface area contributed by atoms with Crippen molar-refractivity contribution in [1.29, 1.82) is 0 Å². The summed E-state index contributed by atoms with van der Waals surface area (Å²) < 4.78 is 10.4. The zero-order valence-electron chi connectivity index (χ0n) is 20.4. The normalized spacial score (nSPS) is 27.7. The van der Waals surface area contributed by atoms with Crippen molar-refractivity contribution >= 4 is 11.9 Å². The third kappa shape index (κ3) is 8.23. The quantitative estimate of drug-likeness (QED) is 0.328. The monoisotopic (exact) mass is 422 g/mol. The molecule has 0 N–H and O–H groups in total. The average molecular weight is 423 g/mol. The standard InChI is InChI=1S/C26H46O4/c1-19(21-9-7-13-25(3,4)17-21)11-15-29-23(27)24(28)30-16-12-20(2)22-10-8-14-26(5,6)18-22/h19-22H,7-18H2,1-6H3. The van der Waals surface area contributed by atoms with Crippen LogP contribution in [0.2, 0.25) is 0 Å². The number of carbonyl (C=O) groups excluding carboxylic acids is 2. The molecule has 0 amide bonds. The van der Waals surface area contributed by atoms with E-state index in [1.54, 1.807) is 0 Å². The Kier molecular flexibility index (Phi) is 9.24. The van der Waals surface area contributed by atoms with E-state index in [4.69, 9.17) is 9.47 Å². The average Bonchev–Trinajstić information content (AvgIpc) is 2.65. The molecule has 2 rings (SSSR count). The van der Waals surface area contributed by atoms with Gasteiger partial charge in [0.2, 0.25) is 0 Å². The topological polar surface area (TPSA) is 52.6 Å². The maximum absolute atomic E-state index is 12.0. The fourth-order valence-electron chi connectivity index (χ4n) is 5.75. The van der Waals surface area contributed by atoms with Crippen LogP contribution < -0.4 is 0 Å². The highest BCUT2D eigenvalue weighted by atomic mass is 16.6. The molecule has 4 atom stereocenters. The lowest BCUT2D eigenvalue weighted by Gasteiger charge is -2.38. The molecule has 4 unspecified atom stereocenters. The second-order valence-corrected chi connectivity index (χ2v) is 11.8. The van der Waals surface area contributed by atoms with E-state index in [0.29, 0.717) is 47.7 Å². The van der Waals surface area contributed by atoms with Crippen molar-refractivity contribution < 1.29 is 19.1 Å². The van der Waals surface area contributed by atoms with Crippen molar-refractivity contribution in [2.75, 3.05) is 13.2 Å². The molecule has 0 aromatic rings. The molecule has 4 heteroatoms. The van der Waals surface area contributed by atoms with Crippen molar-refractivity contribution in [3.8, 4) is 0 Å². The molecule has 2 aliphatic carbocycles. The van der Waals surface area contributed by atoms with E-state index >= 15 is 0 Å². The van der Waals surface area contributed by atoms with Crippen LogP contribution in [0.3, 0.4) is 0 Å². The Hall–Kier alpha value is -1.06. The van der Waals surface area contributed by atoms with Gasteiger partial charge in [0.05, 0.1) is 13.2 Å². The second-order valence-electron chi connectivity index (χ2n) is 11.8. The molecule has 0 aromatic carbocycles. The predicted octanol–water partition coefficient (Wildman–Crippen LogP) is 6.56. The number of hydrogen-bond acceptors (Lipinski definition) is 4. The lowest BCUT2D eigenvalue weighted by atomic mass is 9.68. The van der Waals surface area contributed by atoms with E-state index in [1.165, 1.54) is 51.4 Å². The van der Waals surface area contributed by atoms with Gasteiger partial charge in [0.25, 0.3) is 0 Å². The summed E-state index contributed by atoms with van der Waals surface area (Å²) in [6.07, 6.45) is 11.8. The Bertz CT molecular complexity index is 515. The minimum atomic E-state index is -0.836. The lowest BCUT2D eigenvalue weighted by Crippen LogP contribution is -2.28. The van der Waals surface area contributed by atoms with E-state index in [2.05, 4.69) is 41.5 Å². The van der Waals surface area contributed by atoms with Crippen molar-refractivity contribution in [1.82, 2.24) is 0 Å². The summed E-state index contributed by atoms with van der Waals surface area (Å²) >= 11 is 0. The third-order valence-electron chi connectivity index (χ3n) is 7.88. The fraction of sp³-hybridized carbons (Fsp3) is 0.923. The van der Waals surface area contributed by atoms with Crippen LogP contribution in [0, 0.1) is 34.5 Å². The SMILES string of the molecule is CC(CCOC(=O)C(=O)OCCC(C)C1CCCC(C)(C)C1)C1CCCC(C)(C)C1. The van der Waals surface area contributed by atoms with Crippen LogP contribution in [0.4, 0.5) is 0 Å². The Balaban J connectivity index is 1.61. The van der Waals surface area contributed by atoms with Crippen molar-refractivity contribution in [2.45, 2.75) is 106 Å². The maximum atomic E-state index is 12.0. The fourth-order valence-corrected chi connectivity index (χ4v) is 5.75. The van der Waals surface area contributed by atoms with Gasteiger partial charge in [-0.05, 0) is 73.0 Å². The van der Waals surface area contributed by atoms with Gasteiger partial charge in [0.1, 0.15) is 0 Å². The first-order valence-corrected chi connectivity index (χ1v) is 12.3. The minimum Gasteiger partial charge on any atom is -0.457 e. The van der Waals surface area contributed by atoms with Gasteiger partial charge >= 0.3 is 11.9 Å². The number of carbonyl (C=O) groups is 2. The van der Waals surface area contributed by atoms with E-state index in [-0.39, 0.29) is 0 Å². The first-order chi connectivity index (χ1) is 14.0. The summed E-state index contributed by atoms with van der Waals surface area (Å²) in [4.78, 5) is 23.9. The molecular formula is C26H46O4. The van der Waals surface area contributed by atoms with Crippen molar-refractivity contribution in [3.63, 3.8) is 0 Å². The van der Waals surface area contributed by atoms with Crippen LogP contribution in [0.25, 0.3) is 0 Å². The Morgan fingerprint density at radius 1 is 0.767 bits per heavy atom. The molecule has 0 bridgehead atoms. The molecule has 4 nitrogen and oxygen atoms in total. The molecule has 2 aliphatic rings. The molecule has 0 aliphatic heterocycles. The smallest absolute Gasteiger partial charge is 0.417 e. The summed E-state index contributed by atoms with van der Waals surface area (Å²) in [5, 5.41) is 0. The van der Waals surface area contributed by atoms with E-state index in [0.717, 1.165) is 12.8 Å². The van der Waals surface area contributed by atoms with Gasteiger partial charge in [-0.15, -0.1) is 0 Å². The molecule has 174 valence electrons. The van der Waals surface area contributed by atoms with Gasteiger partial charge in [0.15, 0.2) is 0 Å². The molecule has 0 heterocycles. The summed E-state index contributed by atoms with van der Waals surface area (Å²) in [5.74, 6) is 0.717. The van der Waals surface area contributed by atoms with Gasteiger partial charge in [-0.1, -0.05) is 67.2 Å². The summed E-state index contributed by atoms with van der Waals surface area (Å²) in [6.45, 7) is 14.5. The lowest BCUT2D eigenvalue weighted by molar-refractivity contribution is -0.168. The largest absolute Gasteiger partial charge is 0.457 e. The Morgan fingerprint density at radius 2 is 1.13 bits per heavy atom. The highest BCUT2D eigenvalue weighted by molar-refractivity contribution is 6.29. The van der Waals surface area contributed by atoms with Gasteiger partial charge in [-0.25, -0.2) is 9.59 Å². The highest BCUT2D eigenvalue weighted by Gasteiger charge is 2.32. The molecule has 0 saturated heterocycles. The first kappa shape index (κ1) is 25.2. The molecule has 0 radical (unpaired) electrons. The molecule has 2 saturated carbocycles. The van der Waals surface area contributed by atoms with Crippen molar-refractivity contribution in [3.05, 3.63) is 0 Å². The molecular weight excluding hydrogens is 376 g/mol. The van der Waals surface area contributed by atoms with E-state index < -0.39 is 11.9 Å². The minimum absolute atomic E-state index is 0.305. The number of esters is 2. The van der Waals surface area contributed by atoms with Crippen LogP contribution in [-0.2, 0) is 19.1 Å². The summed E-state index contributed by atoms with van der Waals surface area (Å²) in [6, 6.07) is 0. The number of rotatable bonds is 8. The van der Waals surface area contributed by atoms with E-state index in [1.807, 2.05) is 0 Å². The number of ether oxygens (including phenoxy) is 2. The Labute approximate surface area is 184 Å². The second kappa shape index (κ2) is 11.0. The summed E-state index contributed by atoms with van der Waals surface area (Å²) in [5.41, 5.74) is 0.838. The summed E-state index contributed by atoms with van der Waals surface area (Å²) in [7, 11) is 0. The third-order valence-corrected chi connectivity index (χ3v) is 7.88. The van der Waals surface area contributed by atoms with Crippen LogP contribution in [0.1, 0.15) is 106 Å². The van der Waals surface area contributed by atoms with Gasteiger partial charge in [-0.3, -0.25) is 0 Å².